The van der Waals surface area contributed by atoms with Crippen LogP contribution < -0.4 is 10.6 Å². The van der Waals surface area contributed by atoms with Gasteiger partial charge in [-0.3, -0.25) is 9.59 Å². The van der Waals surface area contributed by atoms with Gasteiger partial charge in [-0.1, -0.05) is 56.3 Å². The van der Waals surface area contributed by atoms with Crippen LogP contribution in [0.2, 0.25) is 0 Å². The topological polar surface area (TPSA) is 76.0 Å². The molecule has 2 aromatic carbocycles. The highest BCUT2D eigenvalue weighted by Crippen LogP contribution is 2.18. The highest BCUT2D eigenvalue weighted by atomic mass is 16.2. The van der Waals surface area contributed by atoms with E-state index in [0.717, 1.165) is 28.2 Å². The molecule has 2 amide bonds. The number of rotatable bonds is 8. The van der Waals surface area contributed by atoms with Crippen molar-refractivity contribution in [3.8, 4) is 5.69 Å². The van der Waals surface area contributed by atoms with Gasteiger partial charge in [0.1, 0.15) is 6.04 Å². The first kappa shape index (κ1) is 23.3. The number of aromatic nitrogens is 2. The Morgan fingerprint density at radius 3 is 2.16 bits per heavy atom. The Kier molecular flexibility index (Phi) is 7.46. The van der Waals surface area contributed by atoms with Crippen LogP contribution in [-0.4, -0.2) is 27.6 Å². The molecule has 0 aliphatic carbocycles. The molecule has 6 heteroatoms. The summed E-state index contributed by atoms with van der Waals surface area (Å²) in [5.74, 6) is -0.376. The summed E-state index contributed by atoms with van der Waals surface area (Å²) in [4.78, 5) is 25.4. The third kappa shape index (κ3) is 5.84. The molecule has 32 heavy (non-hydrogen) atoms. The van der Waals surface area contributed by atoms with Crippen LogP contribution in [-0.2, 0) is 16.0 Å². The summed E-state index contributed by atoms with van der Waals surface area (Å²) in [5.41, 5.74) is 4.93. The Balaban J connectivity index is 1.63. The molecule has 6 nitrogen and oxygen atoms in total. The van der Waals surface area contributed by atoms with Crippen molar-refractivity contribution in [2.45, 2.75) is 53.1 Å². The van der Waals surface area contributed by atoms with Crippen molar-refractivity contribution in [3.63, 3.8) is 0 Å². The fourth-order valence-electron chi connectivity index (χ4n) is 3.72. The van der Waals surface area contributed by atoms with E-state index in [1.165, 1.54) is 0 Å². The van der Waals surface area contributed by atoms with Crippen LogP contribution in [0.3, 0.4) is 0 Å². The van der Waals surface area contributed by atoms with Gasteiger partial charge in [0, 0.05) is 5.69 Å². The summed E-state index contributed by atoms with van der Waals surface area (Å²) in [6, 6.07) is 18.8. The number of benzene rings is 2. The Hall–Kier alpha value is -3.41. The zero-order valence-corrected chi connectivity index (χ0v) is 19.4. The van der Waals surface area contributed by atoms with Crippen LogP contribution in [0, 0.1) is 19.8 Å². The summed E-state index contributed by atoms with van der Waals surface area (Å²) >= 11 is 0. The largest absolute Gasteiger partial charge is 0.348 e. The number of amides is 2. The molecule has 3 aromatic rings. The fourth-order valence-corrected chi connectivity index (χ4v) is 3.72. The van der Waals surface area contributed by atoms with Gasteiger partial charge in [-0.05, 0) is 56.0 Å². The van der Waals surface area contributed by atoms with Crippen molar-refractivity contribution in [3.05, 3.63) is 83.2 Å². The van der Waals surface area contributed by atoms with Gasteiger partial charge in [0.25, 0.3) is 0 Å². The van der Waals surface area contributed by atoms with Crippen molar-refractivity contribution < 1.29 is 9.59 Å². The second kappa shape index (κ2) is 10.3. The molecule has 2 atom stereocenters. The molecule has 168 valence electrons. The maximum absolute atomic E-state index is 13.0. The molecule has 0 bridgehead atoms. The Labute approximate surface area is 190 Å². The van der Waals surface area contributed by atoms with Crippen LogP contribution in [0.15, 0.2) is 60.7 Å². The fraction of sp³-hybridized carbons (Fsp3) is 0.346. The lowest BCUT2D eigenvalue weighted by molar-refractivity contribution is -0.130. The second-order valence-electron chi connectivity index (χ2n) is 8.61. The number of carbonyl (C=O) groups is 2. The van der Waals surface area contributed by atoms with E-state index in [1.54, 1.807) is 0 Å². The molecule has 0 saturated heterocycles. The van der Waals surface area contributed by atoms with Gasteiger partial charge >= 0.3 is 0 Å². The number of nitrogens with zero attached hydrogens (tertiary/aromatic N) is 2. The zero-order chi connectivity index (χ0) is 23.3. The van der Waals surface area contributed by atoms with E-state index >= 15 is 0 Å². The third-order valence-corrected chi connectivity index (χ3v) is 5.48. The number of hydrogen-bond acceptors (Lipinski definition) is 3. The summed E-state index contributed by atoms with van der Waals surface area (Å²) in [7, 11) is 0. The van der Waals surface area contributed by atoms with Gasteiger partial charge in [-0.2, -0.15) is 5.10 Å². The number of hydrogen-bond donors (Lipinski definition) is 2. The number of aryl methyl sites for hydroxylation is 2. The van der Waals surface area contributed by atoms with E-state index in [9.17, 15) is 9.59 Å². The quantitative estimate of drug-likeness (QED) is 0.564. The maximum atomic E-state index is 13.0. The van der Waals surface area contributed by atoms with Crippen LogP contribution in [0.5, 0.6) is 0 Å². The normalized spacial score (nSPS) is 12.9. The average Bonchev–Trinajstić information content (AvgIpc) is 3.10. The first-order chi connectivity index (χ1) is 15.2. The van der Waals surface area contributed by atoms with Crippen LogP contribution in [0.1, 0.15) is 49.3 Å². The highest BCUT2D eigenvalue weighted by molar-refractivity contribution is 5.88. The Morgan fingerprint density at radius 1 is 0.938 bits per heavy atom. The van der Waals surface area contributed by atoms with E-state index in [-0.39, 0.29) is 30.2 Å². The number of carbonyl (C=O) groups excluding carboxylic acids is 2. The first-order valence-corrected chi connectivity index (χ1v) is 11.0. The van der Waals surface area contributed by atoms with Crippen molar-refractivity contribution in [2.24, 2.45) is 5.92 Å². The second-order valence-corrected chi connectivity index (χ2v) is 8.61. The lowest BCUT2D eigenvalue weighted by Crippen LogP contribution is -2.50. The minimum absolute atomic E-state index is 0.0321. The predicted octanol–water partition coefficient (Wildman–Crippen LogP) is 4.05. The molecule has 0 spiro atoms. The molecule has 2 N–H and O–H groups in total. The summed E-state index contributed by atoms with van der Waals surface area (Å²) in [6.45, 7) is 9.80. The van der Waals surface area contributed by atoms with E-state index in [2.05, 4.69) is 15.7 Å². The van der Waals surface area contributed by atoms with E-state index in [1.807, 2.05) is 100.0 Å². The zero-order valence-electron chi connectivity index (χ0n) is 19.4. The summed E-state index contributed by atoms with van der Waals surface area (Å²) in [5, 5.41) is 10.5. The molecule has 3 rings (SSSR count). The average molecular weight is 433 g/mol. The van der Waals surface area contributed by atoms with Gasteiger partial charge in [-0.25, -0.2) is 4.68 Å². The minimum Gasteiger partial charge on any atom is -0.348 e. The lowest BCUT2D eigenvalue weighted by atomic mass is 10.0. The molecule has 0 aliphatic rings. The highest BCUT2D eigenvalue weighted by Gasteiger charge is 2.25. The molecule has 0 fully saturated rings. The molecule has 1 heterocycles. The standard InChI is InChI=1S/C26H32N4O2/c1-17(2)25(28-24(31)16-21-9-7-6-8-10-21)26(32)27-20(5)22-11-13-23(14-12-22)30-19(4)15-18(3)29-30/h6-15,17,20,25H,16H2,1-5H3,(H,27,32)(H,28,31)/t20-,25+/m0/s1. The molecular weight excluding hydrogens is 400 g/mol. The van der Waals surface area contributed by atoms with Crippen molar-refractivity contribution in [2.75, 3.05) is 0 Å². The molecular formula is C26H32N4O2. The van der Waals surface area contributed by atoms with E-state index < -0.39 is 6.04 Å². The Bertz CT molecular complexity index is 1060. The van der Waals surface area contributed by atoms with Gasteiger partial charge in [0.15, 0.2) is 0 Å². The van der Waals surface area contributed by atoms with Gasteiger partial charge in [-0.15, -0.1) is 0 Å². The predicted molar refractivity (Wildman–Crippen MR) is 127 cm³/mol. The first-order valence-electron chi connectivity index (χ1n) is 11.0. The summed E-state index contributed by atoms with van der Waals surface area (Å²) in [6.07, 6.45) is 0.251. The maximum Gasteiger partial charge on any atom is 0.243 e. The molecule has 0 saturated carbocycles. The van der Waals surface area contributed by atoms with Crippen LogP contribution in [0.4, 0.5) is 0 Å². The van der Waals surface area contributed by atoms with E-state index in [0.29, 0.717) is 0 Å². The summed E-state index contributed by atoms with van der Waals surface area (Å²) < 4.78 is 1.90. The molecule has 0 aliphatic heterocycles. The smallest absolute Gasteiger partial charge is 0.243 e. The Morgan fingerprint density at radius 2 is 1.59 bits per heavy atom. The lowest BCUT2D eigenvalue weighted by Gasteiger charge is -2.24. The monoisotopic (exact) mass is 432 g/mol. The van der Waals surface area contributed by atoms with Crippen molar-refractivity contribution in [1.82, 2.24) is 20.4 Å². The third-order valence-electron chi connectivity index (χ3n) is 5.48. The molecule has 0 unspecified atom stereocenters. The van der Waals surface area contributed by atoms with Gasteiger partial charge in [0.2, 0.25) is 11.8 Å². The van der Waals surface area contributed by atoms with Crippen molar-refractivity contribution >= 4 is 11.8 Å². The molecule has 1 aromatic heterocycles. The number of nitrogens with one attached hydrogen (secondary N) is 2. The molecule has 0 radical (unpaired) electrons. The van der Waals surface area contributed by atoms with Gasteiger partial charge in [0.05, 0.1) is 23.8 Å². The minimum atomic E-state index is -0.595. The van der Waals surface area contributed by atoms with E-state index in [4.69, 9.17) is 0 Å². The van der Waals surface area contributed by atoms with Crippen LogP contribution in [0.25, 0.3) is 5.69 Å². The van der Waals surface area contributed by atoms with Crippen LogP contribution >= 0.6 is 0 Å². The van der Waals surface area contributed by atoms with Crippen molar-refractivity contribution in [1.29, 1.82) is 0 Å². The van der Waals surface area contributed by atoms with Gasteiger partial charge < -0.3 is 10.6 Å². The SMILES string of the molecule is Cc1cc(C)n(-c2ccc([C@H](C)NC(=O)[C@H](NC(=O)Cc3ccccc3)C(C)C)cc2)n1.